The first-order valence-electron chi connectivity index (χ1n) is 10.8. The smallest absolute Gasteiger partial charge is 0.268 e. The fraction of sp³-hybridized carbons (Fsp3) is 0.375. The molecule has 0 N–H and O–H groups in total. The Morgan fingerprint density at radius 1 is 1.16 bits per heavy atom. The molecule has 0 spiro atoms. The Morgan fingerprint density at radius 3 is 2.59 bits per heavy atom. The van der Waals surface area contributed by atoms with Crippen molar-refractivity contribution >= 4 is 21.8 Å². The number of amides is 2. The van der Waals surface area contributed by atoms with E-state index in [4.69, 9.17) is 0 Å². The Hall–Kier alpha value is -3.18. The van der Waals surface area contributed by atoms with Gasteiger partial charge in [-0.2, -0.15) is 0 Å². The predicted octanol–water partition coefficient (Wildman–Crippen LogP) is 2.68. The molecule has 2 amide bonds. The zero-order valence-corrected chi connectivity index (χ0v) is 19.0. The summed E-state index contributed by atoms with van der Waals surface area (Å²) in [7, 11) is -3.78. The number of hydrogen-bond donors (Lipinski definition) is 0. The van der Waals surface area contributed by atoms with Crippen molar-refractivity contribution in [1.82, 2.24) is 14.2 Å². The second-order valence-corrected chi connectivity index (χ2v) is 9.62. The van der Waals surface area contributed by atoms with Crippen LogP contribution in [-0.2, 0) is 14.8 Å². The number of sulfonamides is 1. The average molecular weight is 454 g/mol. The van der Waals surface area contributed by atoms with Crippen LogP contribution in [0.25, 0.3) is 0 Å². The van der Waals surface area contributed by atoms with E-state index < -0.39 is 15.9 Å². The summed E-state index contributed by atoms with van der Waals surface area (Å²) in [6.45, 7) is 2.89. The number of pyridine rings is 1. The van der Waals surface area contributed by atoms with Gasteiger partial charge in [0, 0.05) is 49.6 Å². The molecule has 0 aliphatic carbocycles. The van der Waals surface area contributed by atoms with Gasteiger partial charge in [-0.05, 0) is 37.5 Å². The number of nitrogens with zero attached hydrogens (tertiary/aromatic N) is 3. The molecule has 0 bridgehead atoms. The standard InChI is InChI=1S/C24H27N3O4S/c1-2-16-32(30,31)27(15-7-14-26-13-6-10-23(26)28)24(29)22-17-21(18-25-19-22)12-11-20-8-4-3-5-9-20/h3-5,8-9,17-19H,2,6-7,10,13-16H2,1H3. The molecule has 1 aliphatic heterocycles. The van der Waals surface area contributed by atoms with Gasteiger partial charge in [0.1, 0.15) is 0 Å². The molecule has 168 valence electrons. The molecule has 0 saturated carbocycles. The molecule has 1 aromatic carbocycles. The van der Waals surface area contributed by atoms with Gasteiger partial charge in [0.15, 0.2) is 0 Å². The zero-order valence-electron chi connectivity index (χ0n) is 18.2. The van der Waals surface area contributed by atoms with Crippen molar-refractivity contribution < 1.29 is 18.0 Å². The number of likely N-dealkylation sites (tertiary alicyclic amines) is 1. The first-order valence-corrected chi connectivity index (χ1v) is 12.4. The molecule has 1 aliphatic rings. The number of rotatable bonds is 8. The largest absolute Gasteiger partial charge is 0.343 e. The molecule has 7 nitrogen and oxygen atoms in total. The maximum absolute atomic E-state index is 13.2. The number of hydrogen-bond acceptors (Lipinski definition) is 5. The number of aromatic nitrogens is 1. The predicted molar refractivity (Wildman–Crippen MR) is 122 cm³/mol. The third-order valence-electron chi connectivity index (χ3n) is 5.10. The number of carbonyl (C=O) groups is 2. The van der Waals surface area contributed by atoms with Crippen molar-refractivity contribution in [3.05, 3.63) is 65.5 Å². The van der Waals surface area contributed by atoms with Crippen LogP contribution in [-0.4, -0.2) is 59.8 Å². The normalized spacial score (nSPS) is 13.5. The quantitative estimate of drug-likeness (QED) is 0.574. The van der Waals surface area contributed by atoms with E-state index in [0.717, 1.165) is 16.3 Å². The molecule has 32 heavy (non-hydrogen) atoms. The van der Waals surface area contributed by atoms with E-state index in [1.54, 1.807) is 17.9 Å². The molecule has 1 fully saturated rings. The summed E-state index contributed by atoms with van der Waals surface area (Å²) in [6, 6.07) is 11.0. The molecule has 8 heteroatoms. The van der Waals surface area contributed by atoms with Crippen LogP contribution in [0.15, 0.2) is 48.8 Å². The third kappa shape index (κ3) is 6.17. The molecular formula is C24H27N3O4S. The Morgan fingerprint density at radius 2 is 1.91 bits per heavy atom. The monoisotopic (exact) mass is 453 g/mol. The van der Waals surface area contributed by atoms with E-state index in [2.05, 4.69) is 16.8 Å². The Kier molecular flexibility index (Phi) is 8.01. The lowest BCUT2D eigenvalue weighted by atomic mass is 10.1. The van der Waals surface area contributed by atoms with Crippen LogP contribution in [0.3, 0.4) is 0 Å². The highest BCUT2D eigenvalue weighted by Crippen LogP contribution is 2.15. The average Bonchev–Trinajstić information content (AvgIpc) is 3.20. The van der Waals surface area contributed by atoms with Crippen LogP contribution < -0.4 is 0 Å². The lowest BCUT2D eigenvalue weighted by molar-refractivity contribution is -0.127. The highest BCUT2D eigenvalue weighted by atomic mass is 32.2. The van der Waals surface area contributed by atoms with Gasteiger partial charge in [0.2, 0.25) is 15.9 Å². The van der Waals surface area contributed by atoms with Crippen molar-refractivity contribution in [2.75, 3.05) is 25.4 Å². The summed E-state index contributed by atoms with van der Waals surface area (Å²) in [4.78, 5) is 30.8. The second-order valence-electron chi connectivity index (χ2n) is 7.61. The fourth-order valence-corrected chi connectivity index (χ4v) is 5.02. The van der Waals surface area contributed by atoms with Gasteiger partial charge in [-0.3, -0.25) is 14.6 Å². The van der Waals surface area contributed by atoms with E-state index in [0.29, 0.717) is 37.9 Å². The SMILES string of the molecule is CCCS(=O)(=O)N(CCCN1CCCC1=O)C(=O)c1cncc(C#Cc2ccccc2)c1. The molecule has 3 rings (SSSR count). The van der Waals surface area contributed by atoms with Gasteiger partial charge in [0.05, 0.1) is 11.3 Å². The number of carbonyl (C=O) groups excluding carboxylic acids is 2. The first-order chi connectivity index (χ1) is 15.4. The van der Waals surface area contributed by atoms with Crippen molar-refractivity contribution in [2.24, 2.45) is 0 Å². The minimum absolute atomic E-state index is 0.0187. The molecule has 0 unspecified atom stereocenters. The Bertz CT molecular complexity index is 1120. The van der Waals surface area contributed by atoms with Crippen molar-refractivity contribution in [3.63, 3.8) is 0 Å². The zero-order chi connectivity index (χ0) is 23.0. The van der Waals surface area contributed by atoms with Crippen molar-refractivity contribution in [2.45, 2.75) is 32.6 Å². The molecule has 0 radical (unpaired) electrons. The maximum atomic E-state index is 13.2. The van der Waals surface area contributed by atoms with Crippen LogP contribution in [0.2, 0.25) is 0 Å². The minimum atomic E-state index is -3.78. The van der Waals surface area contributed by atoms with E-state index in [9.17, 15) is 18.0 Å². The van der Waals surface area contributed by atoms with E-state index in [1.165, 1.54) is 12.4 Å². The van der Waals surface area contributed by atoms with Crippen molar-refractivity contribution in [3.8, 4) is 11.8 Å². The summed E-state index contributed by atoms with van der Waals surface area (Å²) in [5, 5.41) is 0. The topological polar surface area (TPSA) is 87.7 Å². The summed E-state index contributed by atoms with van der Waals surface area (Å²) in [6.07, 6.45) is 5.03. The van der Waals surface area contributed by atoms with E-state index in [1.807, 2.05) is 30.3 Å². The molecule has 2 heterocycles. The molecule has 1 aromatic heterocycles. The maximum Gasteiger partial charge on any atom is 0.268 e. The van der Waals surface area contributed by atoms with Crippen LogP contribution in [0.4, 0.5) is 0 Å². The van der Waals surface area contributed by atoms with Crippen molar-refractivity contribution in [1.29, 1.82) is 0 Å². The van der Waals surface area contributed by atoms with Gasteiger partial charge >= 0.3 is 0 Å². The van der Waals surface area contributed by atoms with Crippen LogP contribution >= 0.6 is 0 Å². The van der Waals surface area contributed by atoms with E-state index >= 15 is 0 Å². The lowest BCUT2D eigenvalue weighted by Gasteiger charge is -2.24. The summed E-state index contributed by atoms with van der Waals surface area (Å²) in [5.41, 5.74) is 1.52. The van der Waals surface area contributed by atoms with Gasteiger partial charge in [-0.15, -0.1) is 0 Å². The van der Waals surface area contributed by atoms with Gasteiger partial charge in [0.25, 0.3) is 5.91 Å². The molecule has 2 aromatic rings. The minimum Gasteiger partial charge on any atom is -0.343 e. The third-order valence-corrected chi connectivity index (χ3v) is 7.04. The summed E-state index contributed by atoms with van der Waals surface area (Å²) in [5.74, 6) is 5.30. The second kappa shape index (κ2) is 10.9. The highest BCUT2D eigenvalue weighted by Gasteiger charge is 2.28. The van der Waals surface area contributed by atoms with Crippen LogP contribution in [0.1, 0.15) is 54.1 Å². The Labute approximate surface area is 189 Å². The van der Waals surface area contributed by atoms with Crippen LogP contribution in [0, 0.1) is 11.8 Å². The fourth-order valence-electron chi connectivity index (χ4n) is 3.52. The highest BCUT2D eigenvalue weighted by molar-refractivity contribution is 7.89. The Balaban J connectivity index is 1.77. The molecular weight excluding hydrogens is 426 g/mol. The van der Waals surface area contributed by atoms with E-state index in [-0.39, 0.29) is 23.8 Å². The molecule has 0 atom stereocenters. The number of benzene rings is 1. The van der Waals surface area contributed by atoms with Crippen LogP contribution in [0.5, 0.6) is 0 Å². The first kappa shape index (κ1) is 23.5. The lowest BCUT2D eigenvalue weighted by Crippen LogP contribution is -2.40. The summed E-state index contributed by atoms with van der Waals surface area (Å²) < 4.78 is 26.5. The summed E-state index contributed by atoms with van der Waals surface area (Å²) >= 11 is 0. The van der Waals surface area contributed by atoms with Gasteiger partial charge in [-0.1, -0.05) is 37.0 Å². The molecule has 1 saturated heterocycles. The van der Waals surface area contributed by atoms with Gasteiger partial charge < -0.3 is 4.90 Å². The van der Waals surface area contributed by atoms with Gasteiger partial charge in [-0.25, -0.2) is 12.7 Å².